The van der Waals surface area contributed by atoms with E-state index in [2.05, 4.69) is 5.16 Å². The molecule has 4 nitrogen and oxygen atoms in total. The molecular weight excluding hydrogens is 371 g/mol. The van der Waals surface area contributed by atoms with Crippen molar-refractivity contribution in [3.8, 4) is 11.3 Å². The number of hydrogen-bond donors (Lipinski definition) is 1. The van der Waals surface area contributed by atoms with Crippen molar-refractivity contribution >= 4 is 23.2 Å². The van der Waals surface area contributed by atoms with E-state index in [1.807, 2.05) is 54.4 Å². The predicted octanol–water partition coefficient (Wildman–Crippen LogP) is 4.74. The minimum absolute atomic E-state index is 0.188. The Morgan fingerprint density at radius 2 is 1.96 bits per heavy atom. The van der Waals surface area contributed by atoms with Crippen molar-refractivity contribution in [2.45, 2.75) is 25.1 Å². The molecule has 0 amide bonds. The van der Waals surface area contributed by atoms with E-state index < -0.39 is 6.10 Å². The van der Waals surface area contributed by atoms with E-state index in [0.29, 0.717) is 23.0 Å². The second-order valence-electron chi connectivity index (χ2n) is 6.63. The van der Waals surface area contributed by atoms with Crippen molar-refractivity contribution < 1.29 is 9.63 Å². The molecule has 0 bridgehead atoms. The molecule has 134 valence electrons. The molecule has 1 aromatic heterocycles. The molecule has 26 heavy (non-hydrogen) atoms. The summed E-state index contributed by atoms with van der Waals surface area (Å²) in [5, 5.41) is 15.9. The second-order valence-corrected chi connectivity index (χ2v) is 7.47. The van der Waals surface area contributed by atoms with E-state index in [9.17, 15) is 5.11 Å². The monoisotopic (exact) mass is 388 g/mol. The summed E-state index contributed by atoms with van der Waals surface area (Å²) in [6.07, 6.45) is -0.0195. The largest absolute Gasteiger partial charge is 0.391 e. The molecule has 2 atom stereocenters. The molecule has 3 aromatic rings. The van der Waals surface area contributed by atoms with Gasteiger partial charge in [-0.15, -0.1) is 0 Å². The van der Waals surface area contributed by atoms with Crippen LogP contribution in [0.1, 0.15) is 22.9 Å². The molecule has 6 heteroatoms. The third-order valence-corrected chi connectivity index (χ3v) is 5.36. The average molecular weight is 389 g/mol. The van der Waals surface area contributed by atoms with Gasteiger partial charge in [-0.3, -0.25) is 4.90 Å². The number of aromatic nitrogens is 1. The summed E-state index contributed by atoms with van der Waals surface area (Å²) in [4.78, 5) is 2.04. The van der Waals surface area contributed by atoms with Gasteiger partial charge in [0.1, 0.15) is 5.69 Å². The normalized spacial score (nSPS) is 19.1. The zero-order chi connectivity index (χ0) is 18.3. The fourth-order valence-corrected chi connectivity index (χ4v) is 4.22. The molecule has 2 aromatic carbocycles. The van der Waals surface area contributed by atoms with Crippen LogP contribution < -0.4 is 0 Å². The minimum Gasteiger partial charge on any atom is -0.391 e. The number of likely N-dealkylation sites (N-methyl/N-ethyl adjacent to an activating group) is 1. The maximum Gasteiger partial charge on any atom is 0.151 e. The first-order valence-corrected chi connectivity index (χ1v) is 9.15. The Labute approximate surface area is 161 Å². The number of fused-ring (bicyclic) bond motifs is 1. The lowest BCUT2D eigenvalue weighted by atomic mass is 10.1. The fraction of sp³-hybridized carbons (Fsp3) is 0.250. The van der Waals surface area contributed by atoms with Crippen molar-refractivity contribution in [1.29, 1.82) is 0 Å². The van der Waals surface area contributed by atoms with Crippen LogP contribution in [-0.4, -0.2) is 28.3 Å². The summed E-state index contributed by atoms with van der Waals surface area (Å²) in [5.41, 5.74) is 3.74. The quantitative estimate of drug-likeness (QED) is 0.701. The van der Waals surface area contributed by atoms with Crippen LogP contribution in [-0.2, 0) is 13.0 Å². The summed E-state index contributed by atoms with van der Waals surface area (Å²) in [6.45, 7) is 0.519. The Balaban J connectivity index is 1.56. The Morgan fingerprint density at radius 3 is 2.73 bits per heavy atom. The van der Waals surface area contributed by atoms with Gasteiger partial charge in [0.25, 0.3) is 0 Å². The Hall–Kier alpha value is -1.85. The number of benzene rings is 2. The van der Waals surface area contributed by atoms with E-state index in [1.165, 1.54) is 0 Å². The number of rotatable bonds is 4. The molecule has 0 fully saturated rings. The highest BCUT2D eigenvalue weighted by Gasteiger charge is 2.36. The van der Waals surface area contributed by atoms with Gasteiger partial charge in [-0.1, -0.05) is 58.7 Å². The zero-order valence-electron chi connectivity index (χ0n) is 14.2. The Morgan fingerprint density at radius 1 is 1.19 bits per heavy atom. The van der Waals surface area contributed by atoms with Gasteiger partial charge in [0.2, 0.25) is 0 Å². The third kappa shape index (κ3) is 3.26. The first-order chi connectivity index (χ1) is 12.5. The average Bonchev–Trinajstić information content (AvgIpc) is 3.20. The molecule has 4 rings (SSSR count). The molecule has 0 radical (unpaired) electrons. The minimum atomic E-state index is -0.539. The number of aliphatic hydroxyl groups excluding tert-OH is 1. The zero-order valence-corrected chi connectivity index (χ0v) is 15.7. The van der Waals surface area contributed by atoms with Crippen LogP contribution in [0.2, 0.25) is 10.0 Å². The van der Waals surface area contributed by atoms with Crippen molar-refractivity contribution in [2.75, 3.05) is 7.05 Å². The third-order valence-electron chi connectivity index (χ3n) is 4.80. The lowest BCUT2D eigenvalue weighted by Crippen LogP contribution is -2.30. The topological polar surface area (TPSA) is 49.5 Å². The first-order valence-electron chi connectivity index (χ1n) is 8.40. The van der Waals surface area contributed by atoms with Crippen molar-refractivity contribution in [3.63, 3.8) is 0 Å². The van der Waals surface area contributed by atoms with E-state index in [1.54, 1.807) is 6.07 Å². The van der Waals surface area contributed by atoms with E-state index in [4.69, 9.17) is 27.7 Å². The summed E-state index contributed by atoms with van der Waals surface area (Å²) in [6, 6.07) is 15.2. The van der Waals surface area contributed by atoms with E-state index in [0.717, 1.165) is 28.1 Å². The van der Waals surface area contributed by atoms with Crippen LogP contribution in [0.3, 0.4) is 0 Å². The molecule has 0 saturated heterocycles. The summed E-state index contributed by atoms with van der Waals surface area (Å²) < 4.78 is 5.49. The van der Waals surface area contributed by atoms with Gasteiger partial charge in [0, 0.05) is 28.1 Å². The molecule has 0 aliphatic heterocycles. The standard InChI is InChI=1S/C20H18Cl2N2O2/c1-24(11-14-9-18(23-26-14)12-5-3-2-4-6-12)20-16-7-13(21)8-17(22)15(16)10-19(20)25/h2-9,19-20,25H,10-11H2,1H3/t19-,20+/m0/s1. The molecule has 1 aliphatic carbocycles. The predicted molar refractivity (Wildman–Crippen MR) is 102 cm³/mol. The SMILES string of the molecule is CN(Cc1cc(-c2ccccc2)no1)[C@@H]1c2cc(Cl)cc(Cl)c2C[C@@H]1O. The van der Waals surface area contributed by atoms with E-state index >= 15 is 0 Å². The summed E-state index contributed by atoms with van der Waals surface area (Å²) in [7, 11) is 1.95. The second kappa shape index (κ2) is 7.05. The van der Waals surface area contributed by atoms with Crippen molar-refractivity contribution in [1.82, 2.24) is 10.1 Å². The van der Waals surface area contributed by atoms with Crippen molar-refractivity contribution in [2.24, 2.45) is 0 Å². The summed E-state index contributed by atoms with van der Waals surface area (Å²) in [5.74, 6) is 0.736. The van der Waals surface area contributed by atoms with Gasteiger partial charge >= 0.3 is 0 Å². The molecule has 1 N–H and O–H groups in total. The van der Waals surface area contributed by atoms with E-state index in [-0.39, 0.29) is 6.04 Å². The maximum atomic E-state index is 10.6. The van der Waals surface area contributed by atoms with Crippen LogP contribution in [0.15, 0.2) is 53.1 Å². The van der Waals surface area contributed by atoms with Gasteiger partial charge in [-0.05, 0) is 30.3 Å². The van der Waals surface area contributed by atoms with Crippen LogP contribution in [0.5, 0.6) is 0 Å². The van der Waals surface area contributed by atoms with Crippen LogP contribution >= 0.6 is 23.2 Å². The van der Waals surface area contributed by atoms with Crippen molar-refractivity contribution in [3.05, 3.63) is 75.5 Å². The smallest absolute Gasteiger partial charge is 0.151 e. The van der Waals surface area contributed by atoms with Gasteiger partial charge in [0.05, 0.1) is 18.7 Å². The maximum absolute atomic E-state index is 10.6. The highest BCUT2D eigenvalue weighted by molar-refractivity contribution is 6.35. The molecule has 1 heterocycles. The van der Waals surface area contributed by atoms with Gasteiger partial charge in [-0.2, -0.15) is 0 Å². The molecule has 0 saturated carbocycles. The lowest BCUT2D eigenvalue weighted by Gasteiger charge is -2.27. The van der Waals surface area contributed by atoms with Gasteiger partial charge < -0.3 is 9.63 Å². The number of nitrogens with zero attached hydrogens (tertiary/aromatic N) is 2. The molecule has 0 spiro atoms. The van der Waals surface area contributed by atoms with Gasteiger partial charge in [-0.25, -0.2) is 0 Å². The lowest BCUT2D eigenvalue weighted by molar-refractivity contribution is 0.0677. The summed E-state index contributed by atoms with van der Waals surface area (Å²) >= 11 is 12.5. The number of hydrogen-bond acceptors (Lipinski definition) is 4. The Kier molecular flexibility index (Phi) is 4.76. The fourth-order valence-electron chi connectivity index (χ4n) is 3.64. The van der Waals surface area contributed by atoms with Crippen LogP contribution in [0.4, 0.5) is 0 Å². The first kappa shape index (κ1) is 17.6. The van der Waals surface area contributed by atoms with Crippen LogP contribution in [0.25, 0.3) is 11.3 Å². The highest BCUT2D eigenvalue weighted by atomic mass is 35.5. The molecular formula is C20H18Cl2N2O2. The Bertz CT molecular complexity index is 927. The number of aliphatic hydroxyl groups is 1. The molecule has 0 unspecified atom stereocenters. The van der Waals surface area contributed by atoms with Crippen LogP contribution in [0, 0.1) is 0 Å². The molecule has 1 aliphatic rings. The highest BCUT2D eigenvalue weighted by Crippen LogP contribution is 2.41. The van der Waals surface area contributed by atoms with Gasteiger partial charge in [0.15, 0.2) is 5.76 Å². The number of halogens is 2.